The van der Waals surface area contributed by atoms with Crippen LogP contribution in [0.5, 0.6) is 23.0 Å². The molecule has 4 aromatic rings. The van der Waals surface area contributed by atoms with E-state index in [0.717, 1.165) is 22.5 Å². The topological polar surface area (TPSA) is 109 Å². The molecule has 0 aliphatic carbocycles. The molecule has 0 saturated carbocycles. The van der Waals surface area contributed by atoms with Crippen LogP contribution in [0, 0.1) is 6.92 Å². The predicted molar refractivity (Wildman–Crippen MR) is 140 cm³/mol. The Morgan fingerprint density at radius 3 is 2.03 bits per heavy atom. The van der Waals surface area contributed by atoms with Gasteiger partial charge in [-0.25, -0.2) is 0 Å². The molecule has 1 aromatic heterocycles. The third kappa shape index (κ3) is 5.01. The Labute approximate surface area is 213 Å². The molecular formula is C25H25N5O5S. The number of aryl methyl sites for hydroxylation is 1. The average molecular weight is 508 g/mol. The number of aromatic nitrogens is 3. The first-order valence-electron chi connectivity index (χ1n) is 10.8. The zero-order chi connectivity index (χ0) is 25.8. The molecule has 2 N–H and O–H groups in total. The monoisotopic (exact) mass is 507 g/mol. The molecule has 0 fully saturated rings. The lowest BCUT2D eigenvalue weighted by atomic mass is 10.1. The number of nitrogens with one attached hydrogen (secondary N) is 2. The SMILES string of the molecule is COc1ccc(-n2nc3cc(C)c(NC(=S)NC(=O)c4cc(OC)c(OC)c(OC)c4)cc3n2)cc1. The van der Waals surface area contributed by atoms with Gasteiger partial charge in [-0.15, -0.1) is 10.2 Å². The fraction of sp³-hybridized carbons (Fsp3) is 0.200. The van der Waals surface area contributed by atoms with Gasteiger partial charge in [-0.2, -0.15) is 4.80 Å². The summed E-state index contributed by atoms with van der Waals surface area (Å²) in [7, 11) is 6.07. The lowest BCUT2D eigenvalue weighted by Gasteiger charge is -2.15. The number of thiocarbonyl (C=S) groups is 1. The zero-order valence-corrected chi connectivity index (χ0v) is 21.2. The van der Waals surface area contributed by atoms with Crippen molar-refractivity contribution in [1.82, 2.24) is 20.3 Å². The summed E-state index contributed by atoms with van der Waals surface area (Å²) >= 11 is 5.39. The second-order valence-corrected chi connectivity index (χ2v) is 8.07. The molecule has 0 saturated heterocycles. The highest BCUT2D eigenvalue weighted by molar-refractivity contribution is 7.80. The van der Waals surface area contributed by atoms with Crippen LogP contribution in [0.4, 0.5) is 5.69 Å². The number of nitrogens with zero attached hydrogens (tertiary/aromatic N) is 3. The second-order valence-electron chi connectivity index (χ2n) is 7.67. The first-order valence-corrected chi connectivity index (χ1v) is 11.2. The molecule has 0 aliphatic rings. The second kappa shape index (κ2) is 10.5. The summed E-state index contributed by atoms with van der Waals surface area (Å²) in [5.74, 6) is 1.43. The van der Waals surface area contributed by atoms with E-state index in [2.05, 4.69) is 20.8 Å². The van der Waals surface area contributed by atoms with E-state index in [1.807, 2.05) is 43.3 Å². The van der Waals surface area contributed by atoms with Crippen molar-refractivity contribution in [1.29, 1.82) is 0 Å². The van der Waals surface area contributed by atoms with Gasteiger partial charge in [0.15, 0.2) is 16.6 Å². The highest BCUT2D eigenvalue weighted by atomic mass is 32.1. The highest BCUT2D eigenvalue weighted by Gasteiger charge is 2.18. The Hall–Kier alpha value is -4.38. The first kappa shape index (κ1) is 24.7. The zero-order valence-electron chi connectivity index (χ0n) is 20.4. The van der Waals surface area contributed by atoms with E-state index in [0.29, 0.717) is 34.0 Å². The molecule has 0 bridgehead atoms. The highest BCUT2D eigenvalue weighted by Crippen LogP contribution is 2.38. The maximum atomic E-state index is 12.9. The number of amides is 1. The molecule has 0 unspecified atom stereocenters. The van der Waals surface area contributed by atoms with E-state index in [4.69, 9.17) is 31.2 Å². The normalized spacial score (nSPS) is 10.6. The number of carbonyl (C=O) groups is 1. The van der Waals surface area contributed by atoms with E-state index >= 15 is 0 Å². The number of rotatable bonds is 7. The van der Waals surface area contributed by atoms with Crippen molar-refractivity contribution in [3.05, 3.63) is 59.7 Å². The van der Waals surface area contributed by atoms with Crippen LogP contribution in [0.2, 0.25) is 0 Å². The maximum absolute atomic E-state index is 12.9. The minimum atomic E-state index is -0.434. The van der Waals surface area contributed by atoms with Crippen molar-refractivity contribution in [2.75, 3.05) is 33.8 Å². The van der Waals surface area contributed by atoms with Crippen molar-refractivity contribution in [2.45, 2.75) is 6.92 Å². The van der Waals surface area contributed by atoms with Crippen molar-refractivity contribution in [3.8, 4) is 28.7 Å². The smallest absolute Gasteiger partial charge is 0.257 e. The van der Waals surface area contributed by atoms with Crippen LogP contribution >= 0.6 is 12.2 Å². The van der Waals surface area contributed by atoms with Gasteiger partial charge in [-0.3, -0.25) is 10.1 Å². The molecule has 0 radical (unpaired) electrons. The summed E-state index contributed by atoms with van der Waals surface area (Å²) < 4.78 is 21.1. The Morgan fingerprint density at radius 1 is 0.861 bits per heavy atom. The van der Waals surface area contributed by atoms with Crippen LogP contribution in [0.25, 0.3) is 16.7 Å². The number of hydrogen-bond acceptors (Lipinski definition) is 8. The summed E-state index contributed by atoms with van der Waals surface area (Å²) in [5.41, 5.74) is 4.06. The number of carbonyl (C=O) groups excluding carboxylic acids is 1. The van der Waals surface area contributed by atoms with Crippen LogP contribution in [-0.4, -0.2) is 54.5 Å². The third-order valence-electron chi connectivity index (χ3n) is 5.43. The van der Waals surface area contributed by atoms with Gasteiger partial charge in [0.2, 0.25) is 5.75 Å². The van der Waals surface area contributed by atoms with Gasteiger partial charge in [0.1, 0.15) is 16.8 Å². The Kier molecular flexibility index (Phi) is 7.20. The van der Waals surface area contributed by atoms with Gasteiger partial charge in [0.25, 0.3) is 5.91 Å². The summed E-state index contributed by atoms with van der Waals surface area (Å²) in [6.07, 6.45) is 0. The first-order chi connectivity index (χ1) is 17.4. The number of ether oxygens (including phenoxy) is 4. The fourth-order valence-corrected chi connectivity index (χ4v) is 3.78. The third-order valence-corrected chi connectivity index (χ3v) is 5.64. The van der Waals surface area contributed by atoms with E-state index < -0.39 is 5.91 Å². The van der Waals surface area contributed by atoms with E-state index in [1.54, 1.807) is 24.0 Å². The molecule has 0 spiro atoms. The predicted octanol–water partition coefficient (Wildman–Crippen LogP) is 3.89. The van der Waals surface area contributed by atoms with Crippen LogP contribution < -0.4 is 29.6 Å². The van der Waals surface area contributed by atoms with Gasteiger partial charge in [-0.1, -0.05) is 0 Å². The molecule has 4 rings (SSSR count). The van der Waals surface area contributed by atoms with Crippen molar-refractivity contribution >= 4 is 40.0 Å². The number of hydrogen-bond donors (Lipinski definition) is 2. The van der Waals surface area contributed by atoms with Crippen LogP contribution in [0.1, 0.15) is 15.9 Å². The average Bonchev–Trinajstić information content (AvgIpc) is 3.30. The van der Waals surface area contributed by atoms with E-state index in [-0.39, 0.29) is 5.11 Å². The van der Waals surface area contributed by atoms with Crippen LogP contribution in [-0.2, 0) is 0 Å². The van der Waals surface area contributed by atoms with E-state index in [1.165, 1.54) is 21.3 Å². The van der Waals surface area contributed by atoms with Gasteiger partial charge in [0, 0.05) is 11.3 Å². The number of benzene rings is 3. The quantitative estimate of drug-likeness (QED) is 0.360. The molecule has 1 heterocycles. The molecule has 0 atom stereocenters. The van der Waals surface area contributed by atoms with Gasteiger partial charge < -0.3 is 24.3 Å². The minimum absolute atomic E-state index is 0.124. The van der Waals surface area contributed by atoms with Gasteiger partial charge in [0.05, 0.1) is 34.1 Å². The van der Waals surface area contributed by atoms with E-state index in [9.17, 15) is 4.79 Å². The largest absolute Gasteiger partial charge is 0.497 e. The standard InChI is InChI=1S/C25H25N5O5S/c1-14-10-19-20(29-30(28-19)16-6-8-17(32-2)9-7-16)13-18(14)26-25(36)27-24(31)15-11-21(33-3)23(35-5)22(12-15)34-4/h6-13H,1-5H3,(H2,26,27,31,36). The molecule has 36 heavy (non-hydrogen) atoms. The van der Waals surface area contributed by atoms with Crippen molar-refractivity contribution in [3.63, 3.8) is 0 Å². The molecule has 1 amide bonds. The number of methoxy groups -OCH3 is 4. The molecule has 0 aliphatic heterocycles. The Bertz CT molecular complexity index is 1410. The van der Waals surface area contributed by atoms with Crippen LogP contribution in [0.15, 0.2) is 48.5 Å². The summed E-state index contributed by atoms with van der Waals surface area (Å²) in [4.78, 5) is 14.4. The number of anilines is 1. The maximum Gasteiger partial charge on any atom is 0.257 e. The summed E-state index contributed by atoms with van der Waals surface area (Å²) in [6.45, 7) is 1.91. The fourth-order valence-electron chi connectivity index (χ4n) is 3.57. The summed E-state index contributed by atoms with van der Waals surface area (Å²) in [6, 6.07) is 14.3. The molecular weight excluding hydrogens is 482 g/mol. The lowest BCUT2D eigenvalue weighted by Crippen LogP contribution is -2.34. The molecule has 10 nitrogen and oxygen atoms in total. The van der Waals surface area contributed by atoms with Crippen molar-refractivity contribution < 1.29 is 23.7 Å². The molecule has 3 aromatic carbocycles. The Morgan fingerprint density at radius 2 is 1.47 bits per heavy atom. The molecule has 11 heteroatoms. The van der Waals surface area contributed by atoms with Gasteiger partial charge >= 0.3 is 0 Å². The van der Waals surface area contributed by atoms with Crippen LogP contribution in [0.3, 0.4) is 0 Å². The number of fused-ring (bicyclic) bond motifs is 1. The van der Waals surface area contributed by atoms with Gasteiger partial charge in [-0.05, 0) is 73.2 Å². The Balaban J connectivity index is 1.52. The lowest BCUT2D eigenvalue weighted by molar-refractivity contribution is 0.0977. The molecule has 186 valence electrons. The minimum Gasteiger partial charge on any atom is -0.497 e. The summed E-state index contributed by atoms with van der Waals surface area (Å²) in [5, 5.41) is 15.0. The van der Waals surface area contributed by atoms with Crippen molar-refractivity contribution in [2.24, 2.45) is 0 Å².